The van der Waals surface area contributed by atoms with Crippen molar-refractivity contribution < 1.29 is 4.74 Å². The van der Waals surface area contributed by atoms with Gasteiger partial charge >= 0.3 is 0 Å². The van der Waals surface area contributed by atoms with Crippen molar-refractivity contribution in [2.24, 2.45) is 0 Å². The summed E-state index contributed by atoms with van der Waals surface area (Å²) in [6.45, 7) is 4.32. The molecular weight excluding hydrogens is 653 g/mol. The molecule has 10 rings (SSSR count). The Kier molecular flexibility index (Phi) is 7.15. The predicted molar refractivity (Wildman–Crippen MR) is 222 cm³/mol. The third-order valence-electron chi connectivity index (χ3n) is 10.0. The van der Waals surface area contributed by atoms with Crippen molar-refractivity contribution in [1.82, 2.24) is 4.57 Å². The fourth-order valence-electron chi connectivity index (χ4n) is 7.51. The second-order valence-electron chi connectivity index (χ2n) is 13.1. The van der Waals surface area contributed by atoms with Gasteiger partial charge in [-0.1, -0.05) is 116 Å². The molecule has 1 N–H and O–H groups in total. The zero-order valence-corrected chi connectivity index (χ0v) is 29.0. The molecule has 3 heterocycles. The van der Waals surface area contributed by atoms with Gasteiger partial charge in [-0.25, -0.2) is 0 Å². The number of hydrogen-bond acceptors (Lipinski definition) is 3. The molecule has 0 fully saturated rings. The highest BCUT2D eigenvalue weighted by molar-refractivity contribution is 7.26. The van der Waals surface area contributed by atoms with Crippen molar-refractivity contribution in [2.75, 3.05) is 5.32 Å². The van der Waals surface area contributed by atoms with Gasteiger partial charge in [0.05, 0.1) is 17.3 Å². The Hall–Kier alpha value is -6.62. The quantitative estimate of drug-likeness (QED) is 0.195. The van der Waals surface area contributed by atoms with Crippen molar-refractivity contribution in [3.8, 4) is 22.6 Å². The number of ether oxygens (including phenoxy) is 1. The van der Waals surface area contributed by atoms with Gasteiger partial charge in [0.1, 0.15) is 5.75 Å². The van der Waals surface area contributed by atoms with Crippen LogP contribution in [0.3, 0.4) is 0 Å². The minimum atomic E-state index is 0.791. The first-order valence-corrected chi connectivity index (χ1v) is 18.3. The van der Waals surface area contributed by atoms with Crippen molar-refractivity contribution in [1.29, 1.82) is 0 Å². The van der Waals surface area contributed by atoms with E-state index < -0.39 is 0 Å². The van der Waals surface area contributed by atoms with Crippen LogP contribution in [0, 0.1) is 0 Å². The van der Waals surface area contributed by atoms with Crippen LogP contribution >= 0.6 is 11.3 Å². The van der Waals surface area contributed by atoms with E-state index in [4.69, 9.17) is 4.74 Å². The Bertz CT molecular complexity index is 2910. The van der Waals surface area contributed by atoms with Gasteiger partial charge in [0.15, 0.2) is 0 Å². The van der Waals surface area contributed by atoms with E-state index in [0.717, 1.165) is 56.2 Å². The number of aromatic nitrogens is 1. The Morgan fingerprint density at radius 3 is 2.19 bits per heavy atom. The van der Waals surface area contributed by atoms with Crippen molar-refractivity contribution in [3.63, 3.8) is 0 Å². The van der Waals surface area contributed by atoms with E-state index in [9.17, 15) is 0 Å². The van der Waals surface area contributed by atoms with E-state index in [1.165, 1.54) is 42.0 Å². The van der Waals surface area contributed by atoms with Gasteiger partial charge < -0.3 is 14.6 Å². The summed E-state index contributed by atoms with van der Waals surface area (Å²) in [6.07, 6.45) is 6.00. The monoisotopic (exact) mass is 684 g/mol. The van der Waals surface area contributed by atoms with Crippen molar-refractivity contribution in [3.05, 3.63) is 194 Å². The highest BCUT2D eigenvalue weighted by Gasteiger charge is 2.19. The van der Waals surface area contributed by atoms with Crippen LogP contribution in [0.15, 0.2) is 183 Å². The van der Waals surface area contributed by atoms with Crippen LogP contribution in [0.4, 0.5) is 11.4 Å². The number of thiophene rings is 1. The Morgan fingerprint density at radius 1 is 0.577 bits per heavy atom. The van der Waals surface area contributed by atoms with Crippen LogP contribution in [-0.2, 0) is 0 Å². The van der Waals surface area contributed by atoms with Crippen LogP contribution in [0.5, 0.6) is 5.75 Å². The summed E-state index contributed by atoms with van der Waals surface area (Å²) in [7, 11) is 0. The molecule has 52 heavy (non-hydrogen) atoms. The molecule has 0 unspecified atom stereocenters. The molecule has 9 aromatic rings. The molecular formula is C48H32N2OS. The van der Waals surface area contributed by atoms with Crippen molar-refractivity contribution in [2.45, 2.75) is 0 Å². The standard InChI is InChI=1S/C48H32N2OS/c1-31-20-21-34(30-51-45-18-10-8-16-37(31)45)38-24-22-33(29-42(38)49-35-12-4-2-5-13-35)32-23-26-43-41(28-32)47-44(50(43)36-14-6-3-7-15-36)27-25-40-39-17-9-11-19-46(39)52-48(40)47/h2-30,49H,1H2/b21-20-,34-30+. The van der Waals surface area contributed by atoms with Crippen LogP contribution in [-0.4, -0.2) is 4.57 Å². The molecule has 0 bridgehead atoms. The predicted octanol–water partition coefficient (Wildman–Crippen LogP) is 13.6. The van der Waals surface area contributed by atoms with Crippen LogP contribution in [0.25, 0.3) is 69.9 Å². The maximum atomic E-state index is 6.27. The molecule has 0 spiro atoms. The average Bonchev–Trinajstić information content (AvgIpc) is 3.74. The summed E-state index contributed by atoms with van der Waals surface area (Å²) in [5, 5.41) is 8.87. The molecule has 0 atom stereocenters. The number of fused-ring (bicyclic) bond motifs is 8. The average molecular weight is 685 g/mol. The number of rotatable bonds is 5. The number of benzene rings is 7. The summed E-state index contributed by atoms with van der Waals surface area (Å²) < 4.78 is 11.3. The number of anilines is 2. The number of para-hydroxylation sites is 3. The topological polar surface area (TPSA) is 26.2 Å². The zero-order valence-electron chi connectivity index (χ0n) is 28.2. The maximum absolute atomic E-state index is 6.27. The molecule has 0 radical (unpaired) electrons. The molecule has 2 aromatic heterocycles. The van der Waals surface area contributed by atoms with E-state index in [0.29, 0.717) is 0 Å². The molecule has 4 heteroatoms. The van der Waals surface area contributed by atoms with Gasteiger partial charge in [-0.15, -0.1) is 11.3 Å². The molecule has 0 aliphatic carbocycles. The first-order valence-electron chi connectivity index (χ1n) is 17.4. The van der Waals surface area contributed by atoms with E-state index in [-0.39, 0.29) is 0 Å². The third kappa shape index (κ3) is 5.04. The van der Waals surface area contributed by atoms with E-state index in [1.807, 2.05) is 47.9 Å². The highest BCUT2D eigenvalue weighted by atomic mass is 32.1. The molecule has 0 amide bonds. The van der Waals surface area contributed by atoms with Crippen LogP contribution in [0.1, 0.15) is 11.1 Å². The van der Waals surface area contributed by atoms with Gasteiger partial charge in [-0.05, 0) is 77.4 Å². The zero-order chi connectivity index (χ0) is 34.6. The summed E-state index contributed by atoms with van der Waals surface area (Å²) >= 11 is 1.88. The Morgan fingerprint density at radius 2 is 1.31 bits per heavy atom. The van der Waals surface area contributed by atoms with Crippen molar-refractivity contribution >= 4 is 75.8 Å². The normalized spacial score (nSPS) is 14.5. The molecule has 1 aliphatic rings. The number of nitrogens with one attached hydrogen (secondary N) is 1. The lowest BCUT2D eigenvalue weighted by molar-refractivity contribution is 0.482. The van der Waals surface area contributed by atoms with Gasteiger partial charge in [0, 0.05) is 64.7 Å². The van der Waals surface area contributed by atoms with Crippen LogP contribution in [0.2, 0.25) is 0 Å². The second-order valence-corrected chi connectivity index (χ2v) is 14.2. The van der Waals surface area contributed by atoms with Gasteiger partial charge in [0.2, 0.25) is 0 Å². The summed E-state index contributed by atoms with van der Waals surface area (Å²) in [5.74, 6) is 0.791. The Labute approximate surface area is 305 Å². The lowest BCUT2D eigenvalue weighted by Gasteiger charge is -2.17. The minimum absolute atomic E-state index is 0.791. The van der Waals surface area contributed by atoms with E-state index >= 15 is 0 Å². The number of allylic oxidation sites excluding steroid dienone is 4. The van der Waals surface area contributed by atoms with E-state index in [2.05, 4.69) is 156 Å². The van der Waals surface area contributed by atoms with Gasteiger partial charge in [-0.2, -0.15) is 0 Å². The lowest BCUT2D eigenvalue weighted by atomic mass is 9.96. The molecule has 0 saturated heterocycles. The fourth-order valence-corrected chi connectivity index (χ4v) is 8.77. The fraction of sp³-hybridized carbons (Fsp3) is 0. The molecule has 7 aromatic carbocycles. The van der Waals surface area contributed by atoms with Gasteiger partial charge in [0.25, 0.3) is 0 Å². The summed E-state index contributed by atoms with van der Waals surface area (Å²) in [6, 6.07) is 56.0. The van der Waals surface area contributed by atoms with Crippen LogP contribution < -0.4 is 10.1 Å². The molecule has 3 nitrogen and oxygen atoms in total. The summed E-state index contributed by atoms with van der Waals surface area (Å²) in [4.78, 5) is 0. The largest absolute Gasteiger partial charge is 0.464 e. The third-order valence-corrected chi connectivity index (χ3v) is 11.2. The van der Waals surface area contributed by atoms with E-state index in [1.54, 1.807) is 0 Å². The second kappa shape index (κ2) is 12.3. The SMILES string of the molecule is C=C1/C=C\C(c2ccc(-c3ccc4c(c3)c3c5sc6ccccc6c5ccc3n4-c3ccccc3)cc2Nc2ccccc2)=C/Oc2ccccc21. The number of hydrogen-bond donors (Lipinski definition) is 1. The first-order chi connectivity index (χ1) is 25.7. The highest BCUT2D eigenvalue weighted by Crippen LogP contribution is 2.44. The Balaban J connectivity index is 1.17. The smallest absolute Gasteiger partial charge is 0.134 e. The lowest BCUT2D eigenvalue weighted by Crippen LogP contribution is -1.99. The molecule has 1 aliphatic heterocycles. The minimum Gasteiger partial charge on any atom is -0.464 e. The first kappa shape index (κ1) is 30.2. The molecule has 246 valence electrons. The van der Waals surface area contributed by atoms with Gasteiger partial charge in [-0.3, -0.25) is 0 Å². The molecule has 0 saturated carbocycles. The maximum Gasteiger partial charge on any atom is 0.134 e. The summed E-state index contributed by atoms with van der Waals surface area (Å²) in [5.41, 5.74) is 11.7. The number of nitrogens with zero attached hydrogens (tertiary/aromatic N) is 1.